The molecule has 0 radical (unpaired) electrons. The number of amides is 2. The van der Waals surface area contributed by atoms with Crippen LogP contribution in [-0.4, -0.2) is 20.2 Å². The van der Waals surface area contributed by atoms with Crippen molar-refractivity contribution in [2.75, 3.05) is 10.0 Å². The van der Waals surface area contributed by atoms with E-state index in [1.807, 2.05) is 6.07 Å². The van der Waals surface area contributed by atoms with Gasteiger partial charge in [-0.3, -0.25) is 14.3 Å². The summed E-state index contributed by atoms with van der Waals surface area (Å²) in [4.78, 5) is 23.4. The molecule has 7 nitrogen and oxygen atoms in total. The van der Waals surface area contributed by atoms with Crippen molar-refractivity contribution in [1.29, 1.82) is 0 Å². The first-order chi connectivity index (χ1) is 15.1. The molecule has 2 amide bonds. The van der Waals surface area contributed by atoms with E-state index in [2.05, 4.69) is 15.4 Å². The van der Waals surface area contributed by atoms with E-state index < -0.39 is 15.8 Å². The van der Waals surface area contributed by atoms with Gasteiger partial charge >= 0.3 is 0 Å². The van der Waals surface area contributed by atoms with Crippen LogP contribution in [-0.2, 0) is 21.4 Å². The van der Waals surface area contributed by atoms with Crippen molar-refractivity contribution in [1.82, 2.24) is 5.32 Å². The number of rotatable bonds is 7. The maximum atomic E-state index is 13.3. The van der Waals surface area contributed by atoms with E-state index in [1.54, 1.807) is 18.2 Å². The number of nitrogens with one attached hydrogen (secondary N) is 3. The summed E-state index contributed by atoms with van der Waals surface area (Å²) in [7, 11) is -3.98. The van der Waals surface area contributed by atoms with Gasteiger partial charge in [0.15, 0.2) is 0 Å². The first-order valence-electron chi connectivity index (χ1n) is 9.37. The van der Waals surface area contributed by atoms with Crippen molar-refractivity contribution in [2.45, 2.75) is 18.4 Å². The lowest BCUT2D eigenvalue weighted by Crippen LogP contribution is -2.23. The lowest BCUT2D eigenvalue weighted by atomic mass is 10.1. The molecule has 0 saturated heterocycles. The predicted octanol–water partition coefficient (Wildman–Crippen LogP) is 4.17. The van der Waals surface area contributed by atoms with Crippen LogP contribution in [0.25, 0.3) is 0 Å². The number of hydrogen-bond acceptors (Lipinski definition) is 4. The van der Waals surface area contributed by atoms with E-state index in [4.69, 9.17) is 11.6 Å². The molecule has 0 aliphatic carbocycles. The van der Waals surface area contributed by atoms with E-state index in [9.17, 15) is 22.4 Å². The van der Waals surface area contributed by atoms with Crippen LogP contribution in [0.1, 0.15) is 22.8 Å². The molecule has 0 fully saturated rings. The number of hydrogen-bond donors (Lipinski definition) is 3. The summed E-state index contributed by atoms with van der Waals surface area (Å²) >= 11 is 5.65. The summed E-state index contributed by atoms with van der Waals surface area (Å²) in [6.07, 6.45) is 0. The summed E-state index contributed by atoms with van der Waals surface area (Å²) in [5.74, 6) is -1.26. The van der Waals surface area contributed by atoms with Crippen LogP contribution in [0.2, 0.25) is 5.02 Å². The highest BCUT2D eigenvalue weighted by atomic mass is 35.5. The molecule has 0 unspecified atom stereocenters. The number of anilines is 2. The Morgan fingerprint density at radius 2 is 1.69 bits per heavy atom. The third-order valence-electron chi connectivity index (χ3n) is 4.30. The molecule has 0 aliphatic rings. The molecule has 0 aromatic heterocycles. The van der Waals surface area contributed by atoms with E-state index in [0.29, 0.717) is 11.3 Å². The minimum atomic E-state index is -3.98. The Morgan fingerprint density at radius 1 is 0.969 bits per heavy atom. The number of carbonyl (C=O) groups is 2. The first kappa shape index (κ1) is 23.2. The highest BCUT2D eigenvalue weighted by molar-refractivity contribution is 7.92. The molecule has 0 atom stereocenters. The van der Waals surface area contributed by atoms with Crippen LogP contribution in [0.3, 0.4) is 0 Å². The van der Waals surface area contributed by atoms with Crippen LogP contribution < -0.4 is 15.4 Å². The zero-order chi connectivity index (χ0) is 23.3. The molecule has 10 heteroatoms. The summed E-state index contributed by atoms with van der Waals surface area (Å²) in [5, 5.41) is 5.13. The number of carbonyl (C=O) groups excluding carboxylic acids is 2. The Balaban J connectivity index is 1.63. The summed E-state index contributed by atoms with van der Waals surface area (Å²) < 4.78 is 40.5. The van der Waals surface area contributed by atoms with Gasteiger partial charge in [0.1, 0.15) is 5.82 Å². The SMILES string of the molecule is CC(=O)Nc1cccc(CNC(=O)c2ccc(NS(=O)(=O)c3ccc(F)c(Cl)c3)cc2)c1. The highest BCUT2D eigenvalue weighted by Gasteiger charge is 2.16. The molecular formula is C22H19ClFN3O4S. The van der Waals surface area contributed by atoms with E-state index in [0.717, 1.165) is 23.8 Å². The van der Waals surface area contributed by atoms with Crippen LogP contribution in [0.15, 0.2) is 71.6 Å². The van der Waals surface area contributed by atoms with Crippen molar-refractivity contribution in [2.24, 2.45) is 0 Å². The maximum absolute atomic E-state index is 13.3. The van der Waals surface area contributed by atoms with Gasteiger partial charge in [-0.25, -0.2) is 12.8 Å². The van der Waals surface area contributed by atoms with E-state index >= 15 is 0 Å². The van der Waals surface area contributed by atoms with Crippen LogP contribution >= 0.6 is 11.6 Å². The zero-order valence-corrected chi connectivity index (χ0v) is 18.4. The van der Waals surface area contributed by atoms with Gasteiger partial charge in [-0.05, 0) is 60.2 Å². The Morgan fingerprint density at radius 3 is 2.34 bits per heavy atom. The normalized spacial score (nSPS) is 11.0. The van der Waals surface area contributed by atoms with Crippen LogP contribution in [0, 0.1) is 5.82 Å². The minimum Gasteiger partial charge on any atom is -0.348 e. The molecule has 0 aliphatic heterocycles. The molecule has 0 bridgehead atoms. The number of benzene rings is 3. The monoisotopic (exact) mass is 475 g/mol. The molecule has 3 rings (SSSR count). The fraction of sp³-hybridized carbons (Fsp3) is 0.0909. The second kappa shape index (κ2) is 9.80. The molecule has 3 aromatic carbocycles. The van der Waals surface area contributed by atoms with Crippen LogP contribution in [0.5, 0.6) is 0 Å². The molecule has 0 spiro atoms. The molecule has 32 heavy (non-hydrogen) atoms. The van der Waals surface area contributed by atoms with Gasteiger partial charge in [0.25, 0.3) is 15.9 Å². The summed E-state index contributed by atoms with van der Waals surface area (Å²) in [6.45, 7) is 1.65. The Labute approximate surface area is 189 Å². The average molecular weight is 476 g/mol. The van der Waals surface area contributed by atoms with E-state index in [-0.39, 0.29) is 34.0 Å². The van der Waals surface area contributed by atoms with Gasteiger partial charge in [-0.1, -0.05) is 23.7 Å². The third-order valence-corrected chi connectivity index (χ3v) is 5.97. The standard InChI is InChI=1S/C22H19ClFN3O4S/c1-14(28)26-18-4-2-3-15(11-18)13-25-22(29)16-5-7-17(8-6-16)27-32(30,31)19-9-10-21(24)20(23)12-19/h2-12,27H,13H2,1H3,(H,25,29)(H,26,28). The smallest absolute Gasteiger partial charge is 0.261 e. The molecular weight excluding hydrogens is 457 g/mol. The Kier molecular flexibility index (Phi) is 7.12. The molecule has 3 aromatic rings. The summed E-state index contributed by atoms with van der Waals surface area (Å²) in [6, 6.07) is 16.0. The van der Waals surface area contributed by atoms with Gasteiger partial charge in [-0.15, -0.1) is 0 Å². The number of halogens is 2. The zero-order valence-electron chi connectivity index (χ0n) is 16.9. The maximum Gasteiger partial charge on any atom is 0.261 e. The number of sulfonamides is 1. The quantitative estimate of drug-likeness (QED) is 0.477. The Hall–Kier alpha value is -3.43. The van der Waals surface area contributed by atoms with Gasteiger partial charge in [0.05, 0.1) is 9.92 Å². The fourth-order valence-electron chi connectivity index (χ4n) is 2.79. The van der Waals surface area contributed by atoms with Gasteiger partial charge in [0.2, 0.25) is 5.91 Å². The second-order valence-electron chi connectivity index (χ2n) is 6.82. The topological polar surface area (TPSA) is 104 Å². The lowest BCUT2D eigenvalue weighted by molar-refractivity contribution is -0.114. The Bertz CT molecular complexity index is 1260. The van der Waals surface area contributed by atoms with Crippen molar-refractivity contribution in [3.8, 4) is 0 Å². The van der Waals surface area contributed by atoms with Gasteiger partial charge in [0, 0.05) is 30.4 Å². The third kappa shape index (κ3) is 6.05. The molecule has 166 valence electrons. The van der Waals surface area contributed by atoms with Crippen molar-refractivity contribution < 1.29 is 22.4 Å². The lowest BCUT2D eigenvalue weighted by Gasteiger charge is -2.10. The van der Waals surface area contributed by atoms with Crippen molar-refractivity contribution in [3.63, 3.8) is 0 Å². The molecule has 3 N–H and O–H groups in total. The first-order valence-corrected chi connectivity index (χ1v) is 11.2. The largest absolute Gasteiger partial charge is 0.348 e. The summed E-state index contributed by atoms with van der Waals surface area (Å²) in [5.41, 5.74) is 1.98. The van der Waals surface area contributed by atoms with Crippen LogP contribution in [0.4, 0.5) is 15.8 Å². The fourth-order valence-corrected chi connectivity index (χ4v) is 4.12. The minimum absolute atomic E-state index is 0.188. The molecule has 0 heterocycles. The van der Waals surface area contributed by atoms with Gasteiger partial charge < -0.3 is 10.6 Å². The van der Waals surface area contributed by atoms with Crippen molar-refractivity contribution >= 4 is 44.8 Å². The second-order valence-corrected chi connectivity index (χ2v) is 8.91. The highest BCUT2D eigenvalue weighted by Crippen LogP contribution is 2.22. The average Bonchev–Trinajstić information content (AvgIpc) is 2.74. The van der Waals surface area contributed by atoms with Crippen molar-refractivity contribution in [3.05, 3.63) is 88.7 Å². The molecule has 0 saturated carbocycles. The van der Waals surface area contributed by atoms with E-state index in [1.165, 1.54) is 31.2 Å². The van der Waals surface area contributed by atoms with Gasteiger partial charge in [-0.2, -0.15) is 0 Å². The predicted molar refractivity (Wildman–Crippen MR) is 121 cm³/mol.